The SMILES string of the molecule is CC(C)CCC[C@@H](C)[C@H]1CC[C@H]2[C@@H]3CCC4=C[C@@H](N)CC[C@]4(C)[C@H]3CC[C@]12C. The van der Waals surface area contributed by atoms with E-state index >= 15 is 0 Å². The van der Waals surface area contributed by atoms with Crippen LogP contribution in [0.1, 0.15) is 105 Å². The maximum Gasteiger partial charge on any atom is 0.0226 e. The molecule has 4 aliphatic rings. The van der Waals surface area contributed by atoms with Gasteiger partial charge in [-0.15, -0.1) is 0 Å². The molecule has 160 valence electrons. The van der Waals surface area contributed by atoms with Crippen molar-refractivity contribution in [1.29, 1.82) is 0 Å². The van der Waals surface area contributed by atoms with Crippen molar-refractivity contribution in [2.75, 3.05) is 0 Å². The predicted molar refractivity (Wildman–Crippen MR) is 121 cm³/mol. The molecule has 4 aliphatic carbocycles. The molecule has 0 aliphatic heterocycles. The largest absolute Gasteiger partial charge is 0.324 e. The van der Waals surface area contributed by atoms with Gasteiger partial charge in [-0.05, 0) is 97.7 Å². The minimum absolute atomic E-state index is 0.330. The van der Waals surface area contributed by atoms with E-state index in [2.05, 4.69) is 40.7 Å². The van der Waals surface area contributed by atoms with Gasteiger partial charge in [-0.1, -0.05) is 65.5 Å². The Labute approximate surface area is 175 Å². The fourth-order valence-electron chi connectivity index (χ4n) is 8.78. The summed E-state index contributed by atoms with van der Waals surface area (Å²) in [5, 5.41) is 0. The van der Waals surface area contributed by atoms with E-state index in [-0.39, 0.29) is 0 Å². The second-order valence-electron chi connectivity index (χ2n) is 12.3. The van der Waals surface area contributed by atoms with Crippen molar-refractivity contribution >= 4 is 0 Å². The Morgan fingerprint density at radius 2 is 1.75 bits per heavy atom. The van der Waals surface area contributed by atoms with E-state index in [0.717, 1.165) is 35.5 Å². The molecule has 28 heavy (non-hydrogen) atoms. The molecule has 0 unspecified atom stereocenters. The molecule has 0 aromatic heterocycles. The van der Waals surface area contributed by atoms with Crippen LogP contribution in [0.15, 0.2) is 11.6 Å². The van der Waals surface area contributed by atoms with Crippen LogP contribution < -0.4 is 5.73 Å². The summed E-state index contributed by atoms with van der Waals surface area (Å²) in [6.07, 6.45) is 18.1. The highest BCUT2D eigenvalue weighted by Crippen LogP contribution is 2.67. The number of allylic oxidation sites excluding steroid dienone is 1. The van der Waals surface area contributed by atoms with Gasteiger partial charge in [-0.25, -0.2) is 0 Å². The Morgan fingerprint density at radius 3 is 2.50 bits per heavy atom. The summed E-state index contributed by atoms with van der Waals surface area (Å²) in [6.45, 7) is 12.7. The van der Waals surface area contributed by atoms with Gasteiger partial charge in [0.2, 0.25) is 0 Å². The molecule has 1 heteroatoms. The van der Waals surface area contributed by atoms with E-state index < -0.39 is 0 Å². The summed E-state index contributed by atoms with van der Waals surface area (Å²) in [7, 11) is 0. The van der Waals surface area contributed by atoms with E-state index in [1.807, 2.05) is 0 Å². The zero-order chi connectivity index (χ0) is 20.1. The third kappa shape index (κ3) is 3.42. The van der Waals surface area contributed by atoms with Crippen LogP contribution in [-0.2, 0) is 0 Å². The van der Waals surface area contributed by atoms with Crippen LogP contribution in [-0.4, -0.2) is 6.04 Å². The molecule has 0 amide bonds. The van der Waals surface area contributed by atoms with Crippen molar-refractivity contribution in [2.45, 2.75) is 111 Å². The molecule has 0 aromatic rings. The minimum Gasteiger partial charge on any atom is -0.324 e. The Kier molecular flexibility index (Phi) is 5.80. The zero-order valence-electron chi connectivity index (χ0n) is 19.5. The highest BCUT2D eigenvalue weighted by Gasteiger charge is 2.59. The van der Waals surface area contributed by atoms with Crippen molar-refractivity contribution in [3.8, 4) is 0 Å². The molecule has 1 nitrogen and oxygen atoms in total. The monoisotopic (exact) mass is 385 g/mol. The van der Waals surface area contributed by atoms with Gasteiger partial charge in [-0.3, -0.25) is 0 Å². The summed E-state index contributed by atoms with van der Waals surface area (Å²) in [6, 6.07) is 0.330. The van der Waals surface area contributed by atoms with Crippen LogP contribution >= 0.6 is 0 Å². The number of hydrogen-bond donors (Lipinski definition) is 1. The van der Waals surface area contributed by atoms with Crippen LogP contribution in [0.2, 0.25) is 0 Å². The quantitative estimate of drug-likeness (QED) is 0.492. The summed E-state index contributed by atoms with van der Waals surface area (Å²) in [5.74, 6) is 5.69. The zero-order valence-corrected chi connectivity index (χ0v) is 19.5. The van der Waals surface area contributed by atoms with Crippen molar-refractivity contribution in [1.82, 2.24) is 0 Å². The van der Waals surface area contributed by atoms with Crippen LogP contribution in [0.25, 0.3) is 0 Å². The van der Waals surface area contributed by atoms with Gasteiger partial charge < -0.3 is 5.73 Å². The molecule has 3 fully saturated rings. The first-order chi connectivity index (χ1) is 13.3. The molecule has 2 N–H and O–H groups in total. The first kappa shape index (κ1) is 21.0. The van der Waals surface area contributed by atoms with E-state index in [1.165, 1.54) is 70.6 Å². The predicted octanol–water partition coefficient (Wildman–Crippen LogP) is 7.36. The Morgan fingerprint density at radius 1 is 0.964 bits per heavy atom. The molecule has 8 atom stereocenters. The molecule has 0 bridgehead atoms. The topological polar surface area (TPSA) is 26.0 Å². The molecule has 0 radical (unpaired) electrons. The van der Waals surface area contributed by atoms with Crippen molar-refractivity contribution in [3.05, 3.63) is 11.6 Å². The van der Waals surface area contributed by atoms with Gasteiger partial charge in [0.05, 0.1) is 0 Å². The second-order valence-corrected chi connectivity index (χ2v) is 12.3. The van der Waals surface area contributed by atoms with Crippen LogP contribution in [0, 0.1) is 46.3 Å². The fourth-order valence-corrected chi connectivity index (χ4v) is 8.78. The second kappa shape index (κ2) is 7.75. The maximum absolute atomic E-state index is 6.31. The van der Waals surface area contributed by atoms with Crippen LogP contribution in [0.4, 0.5) is 0 Å². The van der Waals surface area contributed by atoms with E-state index in [9.17, 15) is 0 Å². The number of nitrogens with two attached hydrogens (primary N) is 1. The van der Waals surface area contributed by atoms with E-state index in [0.29, 0.717) is 16.9 Å². The third-order valence-electron chi connectivity index (χ3n) is 10.3. The van der Waals surface area contributed by atoms with Crippen molar-refractivity contribution < 1.29 is 0 Å². The Bertz CT molecular complexity index is 591. The van der Waals surface area contributed by atoms with Gasteiger partial charge in [0.25, 0.3) is 0 Å². The number of hydrogen-bond acceptors (Lipinski definition) is 1. The molecule has 0 heterocycles. The lowest BCUT2D eigenvalue weighted by atomic mass is 9.46. The standard InChI is InChI=1S/C27H47N/c1-18(2)7-6-8-19(3)23-11-12-24-22-10-9-20-17-21(28)13-15-26(20,4)25(22)14-16-27(23,24)5/h17-19,21-25H,6-16,28H2,1-5H3/t19-,21+,22+,23-,24+,25+,26+,27-/m1/s1. The first-order valence-corrected chi connectivity index (χ1v) is 12.7. The van der Waals surface area contributed by atoms with E-state index in [4.69, 9.17) is 5.73 Å². The van der Waals surface area contributed by atoms with Crippen LogP contribution in [0.5, 0.6) is 0 Å². The Balaban J connectivity index is 1.48. The first-order valence-electron chi connectivity index (χ1n) is 12.7. The van der Waals surface area contributed by atoms with Gasteiger partial charge in [0, 0.05) is 6.04 Å². The highest BCUT2D eigenvalue weighted by atomic mass is 14.7. The third-order valence-corrected chi connectivity index (χ3v) is 10.3. The summed E-state index contributed by atoms with van der Waals surface area (Å²) >= 11 is 0. The maximum atomic E-state index is 6.31. The molecule has 4 rings (SSSR count). The number of rotatable bonds is 5. The molecular formula is C27H47N. The Hall–Kier alpha value is -0.300. The lowest BCUT2D eigenvalue weighted by molar-refractivity contribution is -0.0596. The van der Waals surface area contributed by atoms with E-state index in [1.54, 1.807) is 5.57 Å². The lowest BCUT2D eigenvalue weighted by Crippen LogP contribution is -2.51. The fraction of sp³-hybridized carbons (Fsp3) is 0.926. The normalized spacial score (nSPS) is 46.5. The average molecular weight is 386 g/mol. The lowest BCUT2D eigenvalue weighted by Gasteiger charge is -2.59. The van der Waals surface area contributed by atoms with Gasteiger partial charge in [0.15, 0.2) is 0 Å². The molecule has 0 aromatic carbocycles. The van der Waals surface area contributed by atoms with Gasteiger partial charge in [-0.2, -0.15) is 0 Å². The average Bonchev–Trinajstić information content (AvgIpc) is 2.99. The van der Waals surface area contributed by atoms with Crippen molar-refractivity contribution in [2.24, 2.45) is 52.1 Å². The van der Waals surface area contributed by atoms with Crippen LogP contribution in [0.3, 0.4) is 0 Å². The molecule has 3 saturated carbocycles. The molecular weight excluding hydrogens is 338 g/mol. The summed E-state index contributed by atoms with van der Waals surface area (Å²) in [5.41, 5.74) is 9.15. The van der Waals surface area contributed by atoms with Crippen molar-refractivity contribution in [3.63, 3.8) is 0 Å². The highest BCUT2D eigenvalue weighted by molar-refractivity contribution is 5.26. The minimum atomic E-state index is 0.330. The summed E-state index contributed by atoms with van der Waals surface area (Å²) < 4.78 is 0. The van der Waals surface area contributed by atoms with Gasteiger partial charge in [0.1, 0.15) is 0 Å². The molecule has 0 spiro atoms. The summed E-state index contributed by atoms with van der Waals surface area (Å²) in [4.78, 5) is 0. The van der Waals surface area contributed by atoms with Gasteiger partial charge >= 0.3 is 0 Å². The number of fused-ring (bicyclic) bond motifs is 5. The molecule has 0 saturated heterocycles. The smallest absolute Gasteiger partial charge is 0.0226 e.